The minimum absolute atomic E-state index is 0.362. The van der Waals surface area contributed by atoms with E-state index >= 15 is 0 Å². The zero-order valence-electron chi connectivity index (χ0n) is 10.9. The van der Waals surface area contributed by atoms with E-state index in [4.69, 9.17) is 10.5 Å². The lowest BCUT2D eigenvalue weighted by molar-refractivity contribution is 0.458. The lowest BCUT2D eigenvalue weighted by Gasteiger charge is -2.11. The first-order valence-electron chi connectivity index (χ1n) is 6.15. The third-order valence-electron chi connectivity index (χ3n) is 3.06. The summed E-state index contributed by atoms with van der Waals surface area (Å²) in [7, 11) is 0. The molecule has 1 aromatic carbocycles. The highest BCUT2D eigenvalue weighted by Gasteiger charge is 2.09. The largest absolute Gasteiger partial charge is 0.438 e. The van der Waals surface area contributed by atoms with E-state index in [1.807, 2.05) is 12.1 Å². The molecule has 0 fully saturated rings. The van der Waals surface area contributed by atoms with E-state index in [2.05, 4.69) is 51.9 Å². The Morgan fingerprint density at radius 3 is 2.58 bits per heavy atom. The fraction of sp³-hybridized carbons (Fsp3) is 0.286. The minimum Gasteiger partial charge on any atom is -0.438 e. The Morgan fingerprint density at radius 2 is 1.95 bits per heavy atom. The predicted molar refractivity (Wildman–Crippen MR) is 79.4 cm³/mol. The van der Waals surface area contributed by atoms with Crippen molar-refractivity contribution in [3.63, 3.8) is 0 Å². The van der Waals surface area contributed by atoms with Crippen LogP contribution >= 0.6 is 15.9 Å². The number of aromatic nitrogens is 2. The second-order valence-electron chi connectivity index (χ2n) is 4.36. The maximum Gasteiger partial charge on any atom is 0.238 e. The Bertz CT molecular complexity index is 557. The molecule has 0 aliphatic heterocycles. The highest BCUT2D eigenvalue weighted by Crippen LogP contribution is 2.31. The first kappa shape index (κ1) is 13.8. The maximum absolute atomic E-state index is 5.68. The van der Waals surface area contributed by atoms with Crippen LogP contribution in [-0.4, -0.2) is 9.97 Å². The monoisotopic (exact) mass is 321 g/mol. The predicted octanol–water partition coefficient (Wildman–Crippen LogP) is 4.13. The number of hydrogen-bond acceptors (Lipinski definition) is 4. The van der Waals surface area contributed by atoms with Crippen molar-refractivity contribution in [2.24, 2.45) is 0 Å². The quantitative estimate of drug-likeness (QED) is 0.919. The van der Waals surface area contributed by atoms with Crippen molar-refractivity contribution in [3.8, 4) is 11.6 Å². The number of anilines is 1. The summed E-state index contributed by atoms with van der Waals surface area (Å²) >= 11 is 3.31. The van der Waals surface area contributed by atoms with Crippen LogP contribution in [0.2, 0.25) is 0 Å². The molecular formula is C14H16BrN3O. The Balaban J connectivity index is 2.18. The molecule has 2 aromatic rings. The van der Waals surface area contributed by atoms with Crippen molar-refractivity contribution in [3.05, 3.63) is 40.6 Å². The molecule has 5 heteroatoms. The molecule has 0 bridgehead atoms. The van der Waals surface area contributed by atoms with Crippen molar-refractivity contribution >= 4 is 21.7 Å². The van der Waals surface area contributed by atoms with Gasteiger partial charge in [0.25, 0.3) is 0 Å². The van der Waals surface area contributed by atoms with E-state index < -0.39 is 0 Å². The molecule has 1 unspecified atom stereocenters. The van der Waals surface area contributed by atoms with Crippen LogP contribution < -0.4 is 10.5 Å². The van der Waals surface area contributed by atoms with Crippen LogP contribution in [0.4, 0.5) is 5.82 Å². The molecular weight excluding hydrogens is 306 g/mol. The van der Waals surface area contributed by atoms with Crippen LogP contribution in [0.5, 0.6) is 11.6 Å². The summed E-state index contributed by atoms with van der Waals surface area (Å²) in [5, 5.41) is 0. The highest BCUT2D eigenvalue weighted by atomic mass is 79.9. The van der Waals surface area contributed by atoms with Crippen LogP contribution in [0.3, 0.4) is 0 Å². The van der Waals surface area contributed by atoms with E-state index in [1.165, 1.54) is 11.9 Å². The molecule has 0 saturated carbocycles. The Morgan fingerprint density at radius 1 is 1.26 bits per heavy atom. The smallest absolute Gasteiger partial charge is 0.238 e. The van der Waals surface area contributed by atoms with Gasteiger partial charge in [-0.1, -0.05) is 26.0 Å². The van der Waals surface area contributed by atoms with Gasteiger partial charge in [0, 0.05) is 0 Å². The molecule has 0 aliphatic rings. The zero-order valence-corrected chi connectivity index (χ0v) is 12.5. The topological polar surface area (TPSA) is 61.0 Å². The number of nitrogen functional groups attached to an aromatic ring is 1. The van der Waals surface area contributed by atoms with Crippen LogP contribution in [0, 0.1) is 0 Å². The molecule has 0 amide bonds. The zero-order chi connectivity index (χ0) is 13.8. The maximum atomic E-state index is 5.68. The number of rotatable bonds is 4. The van der Waals surface area contributed by atoms with Gasteiger partial charge in [-0.15, -0.1) is 0 Å². The van der Waals surface area contributed by atoms with Crippen molar-refractivity contribution in [1.29, 1.82) is 0 Å². The summed E-state index contributed by atoms with van der Waals surface area (Å²) in [6, 6.07) is 8.02. The Labute approximate surface area is 121 Å². The summed E-state index contributed by atoms with van der Waals surface area (Å²) in [4.78, 5) is 7.92. The number of benzene rings is 1. The van der Waals surface area contributed by atoms with E-state index in [0.29, 0.717) is 22.1 Å². The van der Waals surface area contributed by atoms with Gasteiger partial charge in [0.2, 0.25) is 5.88 Å². The van der Waals surface area contributed by atoms with E-state index in [9.17, 15) is 0 Å². The first-order chi connectivity index (χ1) is 9.11. The molecule has 100 valence electrons. The fourth-order valence-electron chi connectivity index (χ4n) is 1.65. The van der Waals surface area contributed by atoms with Gasteiger partial charge in [0.05, 0.1) is 0 Å². The van der Waals surface area contributed by atoms with Crippen molar-refractivity contribution in [2.45, 2.75) is 26.2 Å². The summed E-state index contributed by atoms with van der Waals surface area (Å²) in [5.74, 6) is 2.06. The molecule has 2 N–H and O–H groups in total. The highest BCUT2D eigenvalue weighted by molar-refractivity contribution is 9.10. The molecule has 19 heavy (non-hydrogen) atoms. The van der Waals surface area contributed by atoms with Crippen molar-refractivity contribution in [1.82, 2.24) is 9.97 Å². The number of halogens is 1. The number of nitrogens with zero attached hydrogens (tertiary/aromatic N) is 2. The third kappa shape index (κ3) is 3.23. The minimum atomic E-state index is 0.362. The molecule has 2 rings (SSSR count). The molecule has 4 nitrogen and oxygen atoms in total. The van der Waals surface area contributed by atoms with E-state index in [-0.39, 0.29) is 0 Å². The second-order valence-corrected chi connectivity index (χ2v) is 5.15. The summed E-state index contributed by atoms with van der Waals surface area (Å²) in [6.45, 7) is 4.38. The van der Waals surface area contributed by atoms with Crippen molar-refractivity contribution < 1.29 is 4.74 Å². The van der Waals surface area contributed by atoms with Gasteiger partial charge >= 0.3 is 0 Å². The molecule has 1 aromatic heterocycles. The van der Waals surface area contributed by atoms with Crippen LogP contribution in [-0.2, 0) is 0 Å². The summed E-state index contributed by atoms with van der Waals surface area (Å²) in [6.07, 6.45) is 2.50. The summed E-state index contributed by atoms with van der Waals surface area (Å²) < 4.78 is 6.25. The SMILES string of the molecule is CCC(C)c1ccc(Oc2ncnc(N)c2Br)cc1. The number of ether oxygens (including phenoxy) is 1. The van der Waals surface area contributed by atoms with Gasteiger partial charge in [-0.3, -0.25) is 0 Å². The van der Waals surface area contributed by atoms with E-state index in [1.54, 1.807) is 0 Å². The van der Waals surface area contributed by atoms with Crippen LogP contribution in [0.15, 0.2) is 35.1 Å². The lowest BCUT2D eigenvalue weighted by atomic mass is 9.99. The molecule has 0 spiro atoms. The normalized spacial score (nSPS) is 12.2. The third-order valence-corrected chi connectivity index (χ3v) is 3.81. The Kier molecular flexibility index (Phi) is 4.37. The van der Waals surface area contributed by atoms with Gasteiger partial charge in [0.1, 0.15) is 22.4 Å². The molecule has 0 saturated heterocycles. The van der Waals surface area contributed by atoms with E-state index in [0.717, 1.165) is 12.2 Å². The van der Waals surface area contributed by atoms with Gasteiger partial charge in [-0.05, 0) is 46.0 Å². The first-order valence-corrected chi connectivity index (χ1v) is 6.95. The van der Waals surface area contributed by atoms with Crippen LogP contribution in [0.1, 0.15) is 31.7 Å². The molecule has 1 heterocycles. The summed E-state index contributed by atoms with van der Waals surface area (Å²) in [5.41, 5.74) is 6.98. The van der Waals surface area contributed by atoms with Gasteiger partial charge in [0.15, 0.2) is 0 Å². The number of hydrogen-bond donors (Lipinski definition) is 1. The molecule has 1 atom stereocenters. The Hall–Kier alpha value is -1.62. The lowest BCUT2D eigenvalue weighted by Crippen LogP contribution is -1.97. The van der Waals surface area contributed by atoms with Gasteiger partial charge in [-0.2, -0.15) is 0 Å². The van der Waals surface area contributed by atoms with Gasteiger partial charge < -0.3 is 10.5 Å². The average molecular weight is 322 g/mol. The van der Waals surface area contributed by atoms with Crippen LogP contribution in [0.25, 0.3) is 0 Å². The molecule has 0 aliphatic carbocycles. The van der Waals surface area contributed by atoms with Crippen molar-refractivity contribution in [2.75, 3.05) is 5.73 Å². The fourth-order valence-corrected chi connectivity index (χ4v) is 1.93. The average Bonchev–Trinajstić information content (AvgIpc) is 2.44. The second kappa shape index (κ2) is 6.02. The number of nitrogens with two attached hydrogens (primary N) is 1. The van der Waals surface area contributed by atoms with Gasteiger partial charge in [-0.25, -0.2) is 9.97 Å². The standard InChI is InChI=1S/C14H16BrN3O/c1-3-9(2)10-4-6-11(7-5-10)19-14-12(15)13(16)17-8-18-14/h4-9H,3H2,1-2H3,(H2,16,17,18). The molecule has 0 radical (unpaired) electrons.